The van der Waals surface area contributed by atoms with Crippen LogP contribution in [0.15, 0.2) is 12.7 Å². The first-order valence-electron chi connectivity index (χ1n) is 6.22. The van der Waals surface area contributed by atoms with Crippen molar-refractivity contribution in [1.29, 1.82) is 0 Å². The van der Waals surface area contributed by atoms with Crippen molar-refractivity contribution in [3.05, 3.63) is 12.7 Å². The number of hydrogen-bond acceptors (Lipinski definition) is 9. The highest BCUT2D eigenvalue weighted by Gasteiger charge is 2.45. The molecule has 0 spiro atoms. The van der Waals surface area contributed by atoms with Crippen LogP contribution in [-0.4, -0.2) is 57.6 Å². The number of fused-ring (bicyclic) bond motifs is 1. The predicted molar refractivity (Wildman–Crippen MR) is 76.8 cm³/mol. The van der Waals surface area contributed by atoms with Crippen LogP contribution in [-0.2, 0) is 13.8 Å². The van der Waals surface area contributed by atoms with Gasteiger partial charge in [0.05, 0.1) is 21.1 Å². The zero-order chi connectivity index (χ0) is 16.8. The summed E-state index contributed by atoms with van der Waals surface area (Å²) >= 11 is 0. The maximum absolute atomic E-state index is 10.7. The number of aliphatic hydroxyl groups is 1. The number of rotatable bonds is 4. The van der Waals surface area contributed by atoms with Gasteiger partial charge in [0.25, 0.3) is 0 Å². The van der Waals surface area contributed by atoms with Gasteiger partial charge in [0.2, 0.25) is 0 Å². The van der Waals surface area contributed by atoms with E-state index < -0.39 is 40.5 Å². The van der Waals surface area contributed by atoms with Crippen LogP contribution in [0.1, 0.15) is 6.23 Å². The summed E-state index contributed by atoms with van der Waals surface area (Å²) < 4.78 is 21.9. The zero-order valence-corrected chi connectivity index (χ0v) is 13.2. The molecular formula is C9H13N5O7P2. The van der Waals surface area contributed by atoms with Gasteiger partial charge in [-0.1, -0.05) is 0 Å². The van der Waals surface area contributed by atoms with E-state index in [1.54, 1.807) is 0 Å². The summed E-state index contributed by atoms with van der Waals surface area (Å²) in [6, 6.07) is 0. The lowest BCUT2D eigenvalue weighted by Crippen LogP contribution is -2.19. The molecule has 0 bridgehead atoms. The Hall–Kier alpha value is -1.23. The summed E-state index contributed by atoms with van der Waals surface area (Å²) in [6.07, 6.45) is 1.49. The van der Waals surface area contributed by atoms with Gasteiger partial charge in [-0.3, -0.25) is 9.09 Å². The highest BCUT2D eigenvalue weighted by atomic mass is 31.2. The molecule has 1 fully saturated rings. The Morgan fingerprint density at radius 1 is 1.43 bits per heavy atom. The average Bonchev–Trinajstić information content (AvgIpc) is 3.01. The smallest absolute Gasteiger partial charge is 0.382 e. The lowest BCUT2D eigenvalue weighted by atomic mass is 10.5. The summed E-state index contributed by atoms with van der Waals surface area (Å²) in [5.74, 6) is -2.24. The molecular weight excluding hydrogens is 352 g/mol. The van der Waals surface area contributed by atoms with E-state index >= 15 is 0 Å². The van der Waals surface area contributed by atoms with Gasteiger partial charge >= 0.3 is 7.82 Å². The molecule has 1 unspecified atom stereocenters. The van der Waals surface area contributed by atoms with Crippen molar-refractivity contribution in [3.8, 4) is 0 Å². The molecule has 1 aliphatic heterocycles. The number of hydrogen-bond donors (Lipinski definition) is 5. The van der Waals surface area contributed by atoms with Gasteiger partial charge in [-0.25, -0.2) is 19.5 Å². The monoisotopic (exact) mass is 365 g/mol. The molecule has 6 N–H and O–H groups in total. The second-order valence-corrected chi connectivity index (χ2v) is 7.75. The van der Waals surface area contributed by atoms with Crippen LogP contribution in [0.5, 0.6) is 0 Å². The average molecular weight is 365 g/mol. The number of phosphoric acid groups is 1. The number of nitrogens with two attached hydrogens (primary N) is 1. The third-order valence-corrected chi connectivity index (χ3v) is 5.31. The minimum Gasteiger partial charge on any atom is -0.382 e. The van der Waals surface area contributed by atoms with Gasteiger partial charge in [-0.15, -0.1) is 0 Å². The van der Waals surface area contributed by atoms with E-state index in [0.29, 0.717) is 11.2 Å². The molecule has 0 aliphatic carbocycles. The Morgan fingerprint density at radius 2 is 2.17 bits per heavy atom. The van der Waals surface area contributed by atoms with Gasteiger partial charge in [0.15, 0.2) is 17.7 Å². The Bertz CT molecular complexity index is 766. The van der Waals surface area contributed by atoms with Crippen molar-refractivity contribution in [3.63, 3.8) is 0 Å². The summed E-state index contributed by atoms with van der Waals surface area (Å²) in [5, 5.41) is 10.1. The molecule has 0 aromatic carbocycles. The third-order valence-electron chi connectivity index (χ3n) is 3.16. The highest BCUT2D eigenvalue weighted by Crippen LogP contribution is 2.55. The van der Waals surface area contributed by atoms with E-state index in [2.05, 4.69) is 19.5 Å². The summed E-state index contributed by atoms with van der Waals surface area (Å²) in [4.78, 5) is 39.2. The van der Waals surface area contributed by atoms with E-state index in [0.717, 1.165) is 0 Å². The minimum atomic E-state index is -4.71. The Kier molecular flexibility index (Phi) is 4.34. The minimum absolute atomic E-state index is 0.147. The van der Waals surface area contributed by atoms with Crippen molar-refractivity contribution in [2.24, 2.45) is 0 Å². The molecule has 126 valence electrons. The lowest BCUT2D eigenvalue weighted by molar-refractivity contribution is -0.0476. The molecule has 2 aromatic rings. The molecule has 12 nitrogen and oxygen atoms in total. The summed E-state index contributed by atoms with van der Waals surface area (Å²) in [5.41, 5.74) is 6.27. The quantitative estimate of drug-likeness (QED) is 0.422. The Labute approximate surface area is 130 Å². The highest BCUT2D eigenvalue weighted by molar-refractivity contribution is 7.53. The molecule has 2 aromatic heterocycles. The fourth-order valence-electron chi connectivity index (χ4n) is 2.14. The van der Waals surface area contributed by atoms with Gasteiger partial charge in [-0.2, -0.15) is 0 Å². The number of aliphatic hydroxyl groups excluding tert-OH is 1. The maximum Gasteiger partial charge on any atom is 0.469 e. The summed E-state index contributed by atoms with van der Waals surface area (Å²) in [7, 11) is -6.82. The van der Waals surface area contributed by atoms with Crippen molar-refractivity contribution in [1.82, 2.24) is 19.5 Å². The first-order chi connectivity index (χ1) is 10.8. The maximum atomic E-state index is 10.7. The molecule has 4 atom stereocenters. The largest absolute Gasteiger partial charge is 0.469 e. The zero-order valence-electron chi connectivity index (χ0n) is 11.4. The molecule has 1 saturated heterocycles. The normalized spacial score (nSPS) is 28.5. The fraction of sp³-hybridized carbons (Fsp3) is 0.444. The number of nitrogens with zero attached hydrogens (tertiary/aromatic N) is 4. The van der Waals surface area contributed by atoms with E-state index in [1.165, 1.54) is 17.2 Å². The number of aromatic nitrogens is 4. The standard InChI is InChI=1S/C9H13N5O7P2/c10-6-5-7(12-2-11-6)14(3-13-5)8-9(15)22(16)4(21-8)1-20-23(17,18)19/h2-4,8-9,15-16H,1H2,(H2,10,11,12)(H2,17,18,19)/t4-,8+,9+,22?/m0/s1. The number of imidazole rings is 1. The number of nitrogen functional groups attached to an aromatic ring is 1. The Morgan fingerprint density at radius 3 is 2.87 bits per heavy atom. The van der Waals surface area contributed by atoms with Gasteiger partial charge in [0.1, 0.15) is 23.5 Å². The molecule has 0 radical (unpaired) electrons. The van der Waals surface area contributed by atoms with Gasteiger partial charge in [0, 0.05) is 0 Å². The predicted octanol–water partition coefficient (Wildman–Crippen LogP) is -0.920. The second-order valence-electron chi connectivity index (χ2n) is 4.64. The topological polar surface area (TPSA) is 186 Å². The molecule has 23 heavy (non-hydrogen) atoms. The molecule has 0 saturated carbocycles. The van der Waals surface area contributed by atoms with E-state index in [9.17, 15) is 14.6 Å². The summed E-state index contributed by atoms with van der Waals surface area (Å²) in [6.45, 7) is -0.566. The van der Waals surface area contributed by atoms with Crippen molar-refractivity contribution in [2.75, 3.05) is 12.3 Å². The molecule has 3 rings (SSSR count). The van der Waals surface area contributed by atoms with Crippen molar-refractivity contribution >= 4 is 33.0 Å². The Balaban J connectivity index is 1.85. The van der Waals surface area contributed by atoms with Crippen LogP contribution in [0.25, 0.3) is 11.2 Å². The SMILES string of the molecule is Nc1ncnc2c1ncn2[C@@H]1O[C@H](COP(=O)(O)O)P(O)[C@H]1O. The van der Waals surface area contributed by atoms with Gasteiger partial charge in [-0.05, 0) is 0 Å². The van der Waals surface area contributed by atoms with Crippen LogP contribution in [0.3, 0.4) is 0 Å². The number of phosphoric ester groups is 1. The molecule has 0 amide bonds. The van der Waals surface area contributed by atoms with Crippen molar-refractivity contribution < 1.29 is 33.6 Å². The van der Waals surface area contributed by atoms with Crippen LogP contribution in [0.4, 0.5) is 5.82 Å². The number of ether oxygens (including phenoxy) is 1. The van der Waals surface area contributed by atoms with Crippen LogP contribution < -0.4 is 5.73 Å². The van der Waals surface area contributed by atoms with Gasteiger partial charge < -0.3 is 30.3 Å². The van der Waals surface area contributed by atoms with E-state index in [1.807, 2.05) is 0 Å². The lowest BCUT2D eigenvalue weighted by Gasteiger charge is -2.16. The molecule has 14 heteroatoms. The van der Waals surface area contributed by atoms with Crippen molar-refractivity contribution in [2.45, 2.75) is 17.9 Å². The van der Waals surface area contributed by atoms with Crippen LogP contribution in [0.2, 0.25) is 0 Å². The third kappa shape index (κ3) is 3.21. The molecule has 3 heterocycles. The first kappa shape index (κ1) is 16.6. The van der Waals surface area contributed by atoms with E-state index in [4.69, 9.17) is 20.3 Å². The van der Waals surface area contributed by atoms with Crippen LogP contribution in [0, 0.1) is 0 Å². The van der Waals surface area contributed by atoms with Crippen LogP contribution >= 0.6 is 16.0 Å². The first-order valence-corrected chi connectivity index (χ1v) is 9.18. The fourth-order valence-corrected chi connectivity index (χ4v) is 3.88. The second kappa shape index (κ2) is 6.00. The molecule has 1 aliphatic rings. The van der Waals surface area contributed by atoms with E-state index in [-0.39, 0.29) is 5.82 Å². The number of anilines is 1.